The number of aryl methyl sites for hydroxylation is 2. The largest absolute Gasteiger partial charge is 0.444 e. The molecule has 3 aliphatic rings. The number of nitrogens with zero attached hydrogens (tertiary/aromatic N) is 4. The van der Waals surface area contributed by atoms with Gasteiger partial charge in [-0.3, -0.25) is 9.89 Å². The zero-order valence-corrected chi connectivity index (χ0v) is 20.1. The predicted molar refractivity (Wildman–Crippen MR) is 125 cm³/mol. The second-order valence-corrected chi connectivity index (χ2v) is 9.55. The number of aliphatic imine (C=N–C) groups is 1. The third-order valence-corrected chi connectivity index (χ3v) is 7.18. The Hall–Kier alpha value is -1.64. The van der Waals surface area contributed by atoms with Crippen molar-refractivity contribution in [2.75, 3.05) is 53.0 Å². The number of ether oxygens (including phenoxy) is 2. The first kappa shape index (κ1) is 23.5. The van der Waals surface area contributed by atoms with Crippen LogP contribution in [0.2, 0.25) is 0 Å². The Morgan fingerprint density at radius 2 is 1.91 bits per heavy atom. The summed E-state index contributed by atoms with van der Waals surface area (Å²) >= 11 is 0. The molecule has 0 aromatic carbocycles. The third-order valence-electron chi connectivity index (χ3n) is 7.18. The molecule has 0 saturated carbocycles. The molecule has 1 aromatic heterocycles. The molecule has 1 atom stereocenters. The van der Waals surface area contributed by atoms with Crippen LogP contribution in [0.15, 0.2) is 9.41 Å². The van der Waals surface area contributed by atoms with Crippen LogP contribution in [-0.4, -0.2) is 85.9 Å². The molecule has 0 aliphatic carbocycles. The smallest absolute Gasteiger partial charge is 0.208 e. The first-order valence-electron chi connectivity index (χ1n) is 12.4. The number of likely N-dealkylation sites (tertiary alicyclic amines) is 2. The van der Waals surface area contributed by atoms with E-state index in [-0.39, 0.29) is 0 Å². The number of piperidine rings is 2. The topological polar surface area (TPSA) is 75.4 Å². The molecule has 3 aliphatic heterocycles. The standard InChI is InChI=1S/C24H41N5O3/c1-18-19(2)32-23(27-18)16-28-10-6-20(7-11-28)15-26-24(25-3)29-12-8-21(9-13-29)31-17-22-5-4-14-30-22/h20-22H,4-17H2,1-3H3,(H,25,26). The monoisotopic (exact) mass is 447 g/mol. The number of oxazole rings is 1. The van der Waals surface area contributed by atoms with E-state index in [0.717, 1.165) is 95.0 Å². The Balaban J connectivity index is 1.12. The fourth-order valence-corrected chi connectivity index (χ4v) is 4.97. The highest BCUT2D eigenvalue weighted by molar-refractivity contribution is 5.79. The molecule has 1 unspecified atom stereocenters. The maximum atomic E-state index is 6.12. The normalized spacial score (nSPS) is 24.4. The van der Waals surface area contributed by atoms with Gasteiger partial charge in [0.25, 0.3) is 0 Å². The molecule has 0 amide bonds. The average Bonchev–Trinajstić information content (AvgIpc) is 3.44. The Morgan fingerprint density at radius 1 is 1.12 bits per heavy atom. The van der Waals surface area contributed by atoms with Gasteiger partial charge >= 0.3 is 0 Å². The van der Waals surface area contributed by atoms with Crippen molar-refractivity contribution < 1.29 is 13.9 Å². The van der Waals surface area contributed by atoms with E-state index in [1.54, 1.807) is 0 Å². The lowest BCUT2D eigenvalue weighted by atomic mass is 9.97. The van der Waals surface area contributed by atoms with Crippen LogP contribution in [0.5, 0.6) is 0 Å². The summed E-state index contributed by atoms with van der Waals surface area (Å²) in [5.74, 6) is 3.50. The van der Waals surface area contributed by atoms with E-state index >= 15 is 0 Å². The van der Waals surface area contributed by atoms with E-state index in [4.69, 9.17) is 13.9 Å². The number of hydrogen-bond donors (Lipinski definition) is 1. The lowest BCUT2D eigenvalue weighted by Gasteiger charge is -2.36. The average molecular weight is 448 g/mol. The van der Waals surface area contributed by atoms with Crippen LogP contribution in [-0.2, 0) is 16.0 Å². The van der Waals surface area contributed by atoms with Crippen molar-refractivity contribution in [2.24, 2.45) is 10.9 Å². The zero-order chi connectivity index (χ0) is 22.3. The van der Waals surface area contributed by atoms with Crippen molar-refractivity contribution in [2.45, 2.75) is 71.1 Å². The van der Waals surface area contributed by atoms with Crippen molar-refractivity contribution >= 4 is 5.96 Å². The van der Waals surface area contributed by atoms with Crippen molar-refractivity contribution in [1.82, 2.24) is 20.1 Å². The van der Waals surface area contributed by atoms with Gasteiger partial charge in [-0.25, -0.2) is 4.98 Å². The quantitative estimate of drug-likeness (QED) is 0.509. The Kier molecular flexibility index (Phi) is 8.43. The summed E-state index contributed by atoms with van der Waals surface area (Å²) in [6, 6.07) is 0. The summed E-state index contributed by atoms with van der Waals surface area (Å²) < 4.78 is 17.5. The molecule has 1 aromatic rings. The highest BCUT2D eigenvalue weighted by Crippen LogP contribution is 2.20. The Labute approximate surface area is 192 Å². The lowest BCUT2D eigenvalue weighted by Crippen LogP contribution is -2.48. The van der Waals surface area contributed by atoms with Crippen LogP contribution in [0.3, 0.4) is 0 Å². The molecule has 1 N–H and O–H groups in total. The molecule has 8 heteroatoms. The Morgan fingerprint density at radius 3 is 2.53 bits per heavy atom. The van der Waals surface area contributed by atoms with E-state index in [9.17, 15) is 0 Å². The molecule has 32 heavy (non-hydrogen) atoms. The number of rotatable bonds is 7. The molecular formula is C24H41N5O3. The summed E-state index contributed by atoms with van der Waals surface area (Å²) in [6.45, 7) is 11.7. The second kappa shape index (κ2) is 11.5. The number of hydrogen-bond acceptors (Lipinski definition) is 6. The van der Waals surface area contributed by atoms with Gasteiger partial charge in [0.05, 0.1) is 31.1 Å². The van der Waals surface area contributed by atoms with E-state index in [1.165, 1.54) is 19.3 Å². The minimum atomic E-state index is 0.317. The summed E-state index contributed by atoms with van der Waals surface area (Å²) in [6.07, 6.45) is 7.51. The van der Waals surface area contributed by atoms with E-state index < -0.39 is 0 Å². The minimum absolute atomic E-state index is 0.317. The number of nitrogens with one attached hydrogen (secondary N) is 1. The van der Waals surface area contributed by atoms with Gasteiger partial charge in [0.1, 0.15) is 5.76 Å². The van der Waals surface area contributed by atoms with Crippen LogP contribution in [0, 0.1) is 19.8 Å². The van der Waals surface area contributed by atoms with Gasteiger partial charge in [-0.2, -0.15) is 0 Å². The molecule has 8 nitrogen and oxygen atoms in total. The molecule has 0 bridgehead atoms. The summed E-state index contributed by atoms with van der Waals surface area (Å²) in [4.78, 5) is 13.9. The Bertz CT molecular complexity index is 710. The van der Waals surface area contributed by atoms with E-state index in [0.29, 0.717) is 18.1 Å². The maximum absolute atomic E-state index is 6.12. The van der Waals surface area contributed by atoms with Gasteiger partial charge in [-0.1, -0.05) is 0 Å². The van der Waals surface area contributed by atoms with Gasteiger partial charge in [0, 0.05) is 33.3 Å². The van der Waals surface area contributed by atoms with Crippen LogP contribution in [0.25, 0.3) is 0 Å². The van der Waals surface area contributed by atoms with Gasteiger partial charge in [0.2, 0.25) is 5.89 Å². The fraction of sp³-hybridized carbons (Fsp3) is 0.833. The molecule has 3 fully saturated rings. The van der Waals surface area contributed by atoms with Crippen LogP contribution in [0.1, 0.15) is 55.9 Å². The van der Waals surface area contributed by atoms with Crippen LogP contribution < -0.4 is 5.32 Å². The summed E-state index contributed by atoms with van der Waals surface area (Å²) in [7, 11) is 1.89. The highest BCUT2D eigenvalue weighted by atomic mass is 16.5. The van der Waals surface area contributed by atoms with Crippen molar-refractivity contribution in [3.63, 3.8) is 0 Å². The van der Waals surface area contributed by atoms with E-state index in [1.807, 2.05) is 20.9 Å². The lowest BCUT2D eigenvalue weighted by molar-refractivity contribution is -0.0367. The molecule has 0 spiro atoms. The zero-order valence-electron chi connectivity index (χ0n) is 20.1. The summed E-state index contributed by atoms with van der Waals surface area (Å²) in [5.41, 5.74) is 1.00. The molecule has 4 heterocycles. The minimum Gasteiger partial charge on any atom is -0.444 e. The van der Waals surface area contributed by atoms with Gasteiger partial charge in [0.15, 0.2) is 5.96 Å². The maximum Gasteiger partial charge on any atom is 0.208 e. The molecular weight excluding hydrogens is 406 g/mol. The summed E-state index contributed by atoms with van der Waals surface area (Å²) in [5, 5.41) is 3.64. The van der Waals surface area contributed by atoms with E-state index in [2.05, 4.69) is 25.1 Å². The molecule has 180 valence electrons. The SMILES string of the molecule is CN=C(NCC1CCN(Cc2nc(C)c(C)o2)CC1)N1CCC(OCC2CCCO2)CC1. The van der Waals surface area contributed by atoms with Crippen molar-refractivity contribution in [3.05, 3.63) is 17.3 Å². The first-order chi connectivity index (χ1) is 15.6. The fourth-order valence-electron chi connectivity index (χ4n) is 4.97. The van der Waals surface area contributed by atoms with Gasteiger partial charge in [-0.05, 0) is 71.4 Å². The van der Waals surface area contributed by atoms with Crippen LogP contribution >= 0.6 is 0 Å². The number of guanidine groups is 1. The predicted octanol–water partition coefficient (Wildman–Crippen LogP) is 2.74. The first-order valence-corrected chi connectivity index (χ1v) is 12.4. The van der Waals surface area contributed by atoms with Gasteiger partial charge in [-0.15, -0.1) is 0 Å². The molecule has 4 rings (SSSR count). The molecule has 0 radical (unpaired) electrons. The highest BCUT2D eigenvalue weighted by Gasteiger charge is 2.25. The number of aromatic nitrogens is 1. The van der Waals surface area contributed by atoms with Crippen molar-refractivity contribution in [3.8, 4) is 0 Å². The third kappa shape index (κ3) is 6.45. The van der Waals surface area contributed by atoms with Crippen LogP contribution in [0.4, 0.5) is 0 Å². The van der Waals surface area contributed by atoms with Crippen molar-refractivity contribution in [1.29, 1.82) is 0 Å². The second-order valence-electron chi connectivity index (χ2n) is 9.55. The molecule has 3 saturated heterocycles. The van der Waals surface area contributed by atoms with Gasteiger partial charge < -0.3 is 24.1 Å².